The molecule has 2 aromatic rings. The maximum Gasteiger partial charge on any atom is 0.254 e. The SMILES string of the molecule is CCCCN(CCCO)C(=O)c1cc(=O)[nH]c2cc(F)ccc12. The second-order valence-corrected chi connectivity index (χ2v) is 5.46. The topological polar surface area (TPSA) is 73.4 Å². The van der Waals surface area contributed by atoms with E-state index in [1.165, 1.54) is 24.3 Å². The smallest absolute Gasteiger partial charge is 0.254 e. The number of amides is 1. The van der Waals surface area contributed by atoms with E-state index < -0.39 is 11.4 Å². The zero-order chi connectivity index (χ0) is 16.8. The highest BCUT2D eigenvalue weighted by Crippen LogP contribution is 2.18. The molecule has 2 N–H and O–H groups in total. The molecule has 0 bridgehead atoms. The van der Waals surface area contributed by atoms with E-state index in [1.54, 1.807) is 4.90 Å². The number of aromatic nitrogens is 1. The molecule has 0 aliphatic carbocycles. The van der Waals surface area contributed by atoms with Crippen molar-refractivity contribution in [2.45, 2.75) is 26.2 Å². The van der Waals surface area contributed by atoms with Crippen LogP contribution >= 0.6 is 0 Å². The van der Waals surface area contributed by atoms with Crippen LogP contribution in [0, 0.1) is 5.82 Å². The molecule has 124 valence electrons. The van der Waals surface area contributed by atoms with Crippen molar-refractivity contribution < 1.29 is 14.3 Å². The summed E-state index contributed by atoms with van der Waals surface area (Å²) in [6, 6.07) is 5.22. The van der Waals surface area contributed by atoms with Crippen LogP contribution in [0.4, 0.5) is 4.39 Å². The number of carbonyl (C=O) groups is 1. The lowest BCUT2D eigenvalue weighted by Gasteiger charge is -2.23. The Morgan fingerprint density at radius 3 is 2.70 bits per heavy atom. The number of hydrogen-bond donors (Lipinski definition) is 2. The number of nitrogens with one attached hydrogen (secondary N) is 1. The summed E-state index contributed by atoms with van der Waals surface area (Å²) < 4.78 is 13.3. The second kappa shape index (κ2) is 7.87. The number of halogens is 1. The zero-order valence-corrected chi connectivity index (χ0v) is 13.1. The first-order chi connectivity index (χ1) is 11.1. The molecule has 1 aromatic carbocycles. The molecule has 0 aliphatic heterocycles. The van der Waals surface area contributed by atoms with Gasteiger partial charge in [-0.1, -0.05) is 13.3 Å². The van der Waals surface area contributed by atoms with Crippen molar-refractivity contribution in [3.63, 3.8) is 0 Å². The van der Waals surface area contributed by atoms with Gasteiger partial charge in [0, 0.05) is 31.1 Å². The average Bonchev–Trinajstić information content (AvgIpc) is 2.53. The van der Waals surface area contributed by atoms with Crippen LogP contribution in [0.5, 0.6) is 0 Å². The largest absolute Gasteiger partial charge is 0.396 e. The molecule has 0 fully saturated rings. The van der Waals surface area contributed by atoms with Crippen molar-refractivity contribution >= 4 is 16.8 Å². The summed E-state index contributed by atoms with van der Waals surface area (Å²) in [5, 5.41) is 9.52. The van der Waals surface area contributed by atoms with Crippen LogP contribution in [-0.4, -0.2) is 40.6 Å². The Labute approximate surface area is 133 Å². The van der Waals surface area contributed by atoms with Gasteiger partial charge < -0.3 is 15.0 Å². The third kappa shape index (κ3) is 4.16. The lowest BCUT2D eigenvalue weighted by atomic mass is 10.1. The molecule has 0 saturated heterocycles. The van der Waals surface area contributed by atoms with E-state index in [1.807, 2.05) is 6.92 Å². The van der Waals surface area contributed by atoms with Crippen LogP contribution in [-0.2, 0) is 0 Å². The number of fused-ring (bicyclic) bond motifs is 1. The number of nitrogens with zero attached hydrogens (tertiary/aromatic N) is 1. The summed E-state index contributed by atoms with van der Waals surface area (Å²) in [6.07, 6.45) is 2.25. The van der Waals surface area contributed by atoms with Crippen LogP contribution < -0.4 is 5.56 Å². The van der Waals surface area contributed by atoms with E-state index in [-0.39, 0.29) is 18.1 Å². The molecule has 1 aromatic heterocycles. The quantitative estimate of drug-likeness (QED) is 0.822. The fraction of sp³-hybridized carbons (Fsp3) is 0.412. The van der Waals surface area contributed by atoms with Gasteiger partial charge in [-0.05, 0) is 31.0 Å². The van der Waals surface area contributed by atoms with Crippen molar-refractivity contribution in [1.82, 2.24) is 9.88 Å². The Morgan fingerprint density at radius 2 is 2.00 bits per heavy atom. The summed E-state index contributed by atoms with van der Waals surface area (Å²) in [5.41, 5.74) is 0.125. The number of H-pyrrole nitrogens is 1. The lowest BCUT2D eigenvalue weighted by molar-refractivity contribution is 0.0744. The first-order valence-corrected chi connectivity index (χ1v) is 7.79. The molecular formula is C17H21FN2O3. The van der Waals surface area contributed by atoms with Crippen molar-refractivity contribution in [3.8, 4) is 0 Å². The Bertz CT molecular complexity index is 734. The van der Waals surface area contributed by atoms with Gasteiger partial charge in [0.25, 0.3) is 5.91 Å². The molecule has 0 atom stereocenters. The highest BCUT2D eigenvalue weighted by Gasteiger charge is 2.18. The van der Waals surface area contributed by atoms with Crippen molar-refractivity contribution in [2.24, 2.45) is 0 Å². The highest BCUT2D eigenvalue weighted by molar-refractivity contribution is 6.05. The molecule has 0 saturated carbocycles. The summed E-state index contributed by atoms with van der Waals surface area (Å²) in [5.74, 6) is -0.740. The fourth-order valence-corrected chi connectivity index (χ4v) is 2.51. The number of unbranched alkanes of at least 4 members (excludes halogenated alkanes) is 1. The zero-order valence-electron chi connectivity index (χ0n) is 13.1. The van der Waals surface area contributed by atoms with Gasteiger partial charge in [-0.25, -0.2) is 4.39 Å². The van der Waals surface area contributed by atoms with E-state index in [0.29, 0.717) is 30.4 Å². The normalized spacial score (nSPS) is 10.9. The van der Waals surface area contributed by atoms with Gasteiger partial charge in [0.05, 0.1) is 11.1 Å². The van der Waals surface area contributed by atoms with E-state index in [9.17, 15) is 14.0 Å². The first-order valence-electron chi connectivity index (χ1n) is 7.79. The van der Waals surface area contributed by atoms with Gasteiger partial charge >= 0.3 is 0 Å². The van der Waals surface area contributed by atoms with Gasteiger partial charge in [-0.15, -0.1) is 0 Å². The van der Waals surface area contributed by atoms with Crippen molar-refractivity contribution in [3.05, 3.63) is 46.0 Å². The van der Waals surface area contributed by atoms with E-state index in [2.05, 4.69) is 4.98 Å². The van der Waals surface area contributed by atoms with Gasteiger partial charge in [0.2, 0.25) is 5.56 Å². The van der Waals surface area contributed by atoms with Gasteiger partial charge in [-0.2, -0.15) is 0 Å². The number of hydrogen-bond acceptors (Lipinski definition) is 3. The number of aliphatic hydroxyl groups excluding tert-OH is 1. The minimum atomic E-state index is -0.471. The first kappa shape index (κ1) is 17.1. The predicted molar refractivity (Wildman–Crippen MR) is 87.0 cm³/mol. The number of rotatable bonds is 7. The number of carbonyl (C=O) groups excluding carboxylic acids is 1. The van der Waals surface area contributed by atoms with Crippen molar-refractivity contribution in [1.29, 1.82) is 0 Å². The highest BCUT2D eigenvalue weighted by atomic mass is 19.1. The lowest BCUT2D eigenvalue weighted by Crippen LogP contribution is -2.34. The van der Waals surface area contributed by atoms with Gasteiger partial charge in [0.1, 0.15) is 5.82 Å². The van der Waals surface area contributed by atoms with E-state index in [4.69, 9.17) is 5.11 Å². The average molecular weight is 320 g/mol. The van der Waals surface area contributed by atoms with Crippen LogP contribution in [0.3, 0.4) is 0 Å². The predicted octanol–water partition coefficient (Wildman–Crippen LogP) is 2.29. The summed E-state index contributed by atoms with van der Waals surface area (Å²) in [4.78, 5) is 28.8. The molecule has 5 nitrogen and oxygen atoms in total. The molecule has 23 heavy (non-hydrogen) atoms. The summed E-state index contributed by atoms with van der Waals surface area (Å²) in [6.45, 7) is 3.01. The third-order valence-electron chi connectivity index (χ3n) is 3.69. The minimum absolute atomic E-state index is 0.00274. The van der Waals surface area contributed by atoms with Gasteiger partial charge in [-0.3, -0.25) is 9.59 Å². The molecule has 1 amide bonds. The van der Waals surface area contributed by atoms with Crippen LogP contribution in [0.25, 0.3) is 10.9 Å². The van der Waals surface area contributed by atoms with E-state index >= 15 is 0 Å². The van der Waals surface area contributed by atoms with Gasteiger partial charge in [0.15, 0.2) is 0 Å². The summed E-state index contributed by atoms with van der Waals surface area (Å²) in [7, 11) is 0. The second-order valence-electron chi connectivity index (χ2n) is 5.46. The molecule has 6 heteroatoms. The Balaban J connectivity index is 2.43. The molecule has 1 heterocycles. The summed E-state index contributed by atoms with van der Waals surface area (Å²) >= 11 is 0. The Hall–Kier alpha value is -2.21. The number of pyridine rings is 1. The third-order valence-corrected chi connectivity index (χ3v) is 3.69. The Kier molecular flexibility index (Phi) is 5.87. The number of aliphatic hydroxyl groups is 1. The molecule has 2 rings (SSSR count). The maximum absolute atomic E-state index is 13.3. The Morgan fingerprint density at radius 1 is 1.26 bits per heavy atom. The van der Waals surface area contributed by atoms with Crippen LogP contribution in [0.15, 0.2) is 29.1 Å². The minimum Gasteiger partial charge on any atom is -0.396 e. The van der Waals surface area contributed by atoms with Crippen LogP contribution in [0.1, 0.15) is 36.5 Å². The van der Waals surface area contributed by atoms with E-state index in [0.717, 1.165) is 12.8 Å². The molecule has 0 unspecified atom stereocenters. The monoisotopic (exact) mass is 320 g/mol. The maximum atomic E-state index is 13.3. The molecule has 0 radical (unpaired) electrons. The number of benzene rings is 1. The fourth-order valence-electron chi connectivity index (χ4n) is 2.51. The van der Waals surface area contributed by atoms with Crippen LogP contribution in [0.2, 0.25) is 0 Å². The molecular weight excluding hydrogens is 299 g/mol. The molecule has 0 spiro atoms. The standard InChI is InChI=1S/C17H21FN2O3/c1-2-3-7-20(8-4-9-21)17(23)14-11-16(22)19-15-10-12(18)5-6-13(14)15/h5-6,10-11,21H,2-4,7-9H2,1H3,(H,19,22). The molecule has 0 aliphatic rings. The van der Waals surface area contributed by atoms with Crippen molar-refractivity contribution in [2.75, 3.05) is 19.7 Å². The number of aromatic amines is 1.